The molecule has 18 heavy (non-hydrogen) atoms. The van der Waals surface area contributed by atoms with Crippen LogP contribution in [0.15, 0.2) is 23.8 Å². The van der Waals surface area contributed by atoms with Gasteiger partial charge >= 0.3 is 5.97 Å². The van der Waals surface area contributed by atoms with Crippen LogP contribution in [-0.2, 0) is 14.3 Å². The van der Waals surface area contributed by atoms with Gasteiger partial charge in [-0.1, -0.05) is 19.9 Å². The van der Waals surface area contributed by atoms with Crippen molar-refractivity contribution >= 4 is 11.8 Å². The van der Waals surface area contributed by atoms with Crippen molar-refractivity contribution in [2.24, 2.45) is 17.3 Å². The number of fused-ring (bicyclic) bond motifs is 1. The largest absolute Gasteiger partial charge is 0.465 e. The van der Waals surface area contributed by atoms with Crippen LogP contribution in [-0.4, -0.2) is 18.9 Å². The van der Waals surface area contributed by atoms with Gasteiger partial charge in [0, 0.05) is 5.92 Å². The molecule has 3 aliphatic rings. The lowest BCUT2D eigenvalue weighted by atomic mass is 9.46. The van der Waals surface area contributed by atoms with Gasteiger partial charge in [0.15, 0.2) is 5.78 Å². The summed E-state index contributed by atoms with van der Waals surface area (Å²) in [7, 11) is 1.33. The van der Waals surface area contributed by atoms with Crippen molar-refractivity contribution in [3.05, 3.63) is 23.8 Å². The lowest BCUT2D eigenvalue weighted by Crippen LogP contribution is -2.55. The molecule has 0 saturated heterocycles. The van der Waals surface area contributed by atoms with Gasteiger partial charge in [-0.05, 0) is 36.2 Å². The number of methoxy groups -OCH3 is 1. The van der Waals surface area contributed by atoms with Gasteiger partial charge in [-0.2, -0.15) is 0 Å². The highest BCUT2D eigenvalue weighted by Gasteiger charge is 2.58. The van der Waals surface area contributed by atoms with Crippen LogP contribution in [0.25, 0.3) is 0 Å². The maximum absolute atomic E-state index is 12.4. The van der Waals surface area contributed by atoms with Crippen molar-refractivity contribution in [3.8, 4) is 0 Å². The quantitative estimate of drug-likeness (QED) is 0.436. The fraction of sp³-hybridized carbons (Fsp3) is 0.600. The van der Waals surface area contributed by atoms with E-state index in [0.29, 0.717) is 11.5 Å². The average Bonchev–Trinajstić information content (AvgIpc) is 2.34. The van der Waals surface area contributed by atoms with Crippen molar-refractivity contribution in [3.63, 3.8) is 0 Å². The molecule has 0 aromatic carbocycles. The number of ketones is 1. The van der Waals surface area contributed by atoms with Crippen molar-refractivity contribution < 1.29 is 14.3 Å². The van der Waals surface area contributed by atoms with Crippen molar-refractivity contribution in [2.45, 2.75) is 33.1 Å². The van der Waals surface area contributed by atoms with Gasteiger partial charge in [-0.15, -0.1) is 6.58 Å². The van der Waals surface area contributed by atoms with E-state index in [9.17, 15) is 9.59 Å². The minimum Gasteiger partial charge on any atom is -0.465 e. The molecule has 0 aromatic rings. The molecule has 0 aromatic heterocycles. The number of esters is 1. The van der Waals surface area contributed by atoms with E-state index in [1.165, 1.54) is 7.11 Å². The molecule has 1 fully saturated rings. The van der Waals surface area contributed by atoms with E-state index in [0.717, 1.165) is 24.8 Å². The second-order valence-corrected chi connectivity index (χ2v) is 5.75. The van der Waals surface area contributed by atoms with E-state index >= 15 is 0 Å². The van der Waals surface area contributed by atoms with Gasteiger partial charge in [0.05, 0.1) is 7.11 Å². The number of allylic oxidation sites excluding steroid dienone is 2. The molecule has 3 nitrogen and oxygen atoms in total. The highest BCUT2D eigenvalue weighted by molar-refractivity contribution is 6.20. The third-order valence-electron chi connectivity index (χ3n) is 4.58. The molecule has 1 saturated carbocycles. The second-order valence-electron chi connectivity index (χ2n) is 5.75. The Labute approximate surface area is 108 Å². The number of Topliss-reactive ketones (excluding diaryl/α,β-unsaturated/α-hetero) is 1. The predicted molar refractivity (Wildman–Crippen MR) is 68.9 cm³/mol. The van der Waals surface area contributed by atoms with Crippen LogP contribution < -0.4 is 0 Å². The SMILES string of the molecule is C=CCCC1=C(C(=O)OC)C(=O)[C@H]2C[C@@H]1C2(C)C. The first-order valence-electron chi connectivity index (χ1n) is 6.41. The summed E-state index contributed by atoms with van der Waals surface area (Å²) < 4.78 is 4.76. The van der Waals surface area contributed by atoms with E-state index in [-0.39, 0.29) is 17.1 Å². The zero-order valence-corrected chi connectivity index (χ0v) is 11.3. The van der Waals surface area contributed by atoms with Crippen LogP contribution in [0.5, 0.6) is 0 Å². The van der Waals surface area contributed by atoms with E-state index < -0.39 is 5.97 Å². The Balaban J connectivity index is 2.43. The van der Waals surface area contributed by atoms with Crippen molar-refractivity contribution in [1.82, 2.24) is 0 Å². The van der Waals surface area contributed by atoms with E-state index in [1.54, 1.807) is 0 Å². The summed E-state index contributed by atoms with van der Waals surface area (Å²) in [5.41, 5.74) is 1.30. The van der Waals surface area contributed by atoms with Gasteiger partial charge in [0.25, 0.3) is 0 Å². The monoisotopic (exact) mass is 248 g/mol. The number of rotatable bonds is 4. The first-order valence-corrected chi connectivity index (χ1v) is 6.41. The molecule has 0 unspecified atom stereocenters. The average molecular weight is 248 g/mol. The maximum atomic E-state index is 12.4. The van der Waals surface area contributed by atoms with Crippen LogP contribution in [0, 0.1) is 17.3 Å². The summed E-state index contributed by atoms with van der Waals surface area (Å²) in [5, 5.41) is 0. The molecule has 3 rings (SSSR count). The molecule has 3 aliphatic carbocycles. The highest BCUT2D eigenvalue weighted by Crippen LogP contribution is 2.60. The third kappa shape index (κ3) is 1.64. The summed E-state index contributed by atoms with van der Waals surface area (Å²) >= 11 is 0. The molecule has 2 atom stereocenters. The molecule has 0 amide bonds. The first-order chi connectivity index (χ1) is 8.45. The molecular formula is C15H20O3. The topological polar surface area (TPSA) is 43.4 Å². The Kier molecular flexibility index (Phi) is 3.18. The molecule has 0 N–H and O–H groups in total. The summed E-state index contributed by atoms with van der Waals surface area (Å²) in [4.78, 5) is 24.2. The Morgan fingerprint density at radius 3 is 2.67 bits per heavy atom. The standard InChI is InChI=1S/C15H20O3/c1-5-6-7-9-10-8-11(15(10,2)3)13(16)12(9)14(17)18-4/h5,10-11H,1,6-8H2,2-4H3/t10-,11+/m0/s1. The Bertz CT molecular complexity index is 443. The molecule has 98 valence electrons. The lowest BCUT2D eigenvalue weighted by molar-refractivity contribution is -0.145. The molecule has 0 spiro atoms. The zero-order valence-electron chi connectivity index (χ0n) is 11.3. The normalized spacial score (nSPS) is 28.7. The fourth-order valence-corrected chi connectivity index (χ4v) is 3.36. The van der Waals surface area contributed by atoms with E-state index in [1.807, 2.05) is 6.08 Å². The summed E-state index contributed by atoms with van der Waals surface area (Å²) in [6.07, 6.45) is 4.24. The third-order valence-corrected chi connectivity index (χ3v) is 4.58. The number of carbonyl (C=O) groups excluding carboxylic acids is 2. The van der Waals surface area contributed by atoms with Crippen LogP contribution >= 0.6 is 0 Å². The second kappa shape index (κ2) is 4.38. The van der Waals surface area contributed by atoms with Gasteiger partial charge in [0.2, 0.25) is 0 Å². The fourth-order valence-electron chi connectivity index (χ4n) is 3.36. The predicted octanol–water partition coefficient (Wildman–Crippen LogP) is 2.67. The molecule has 2 bridgehead atoms. The number of carbonyl (C=O) groups is 2. The lowest BCUT2D eigenvalue weighted by Gasteiger charge is -2.56. The maximum Gasteiger partial charge on any atom is 0.341 e. The van der Waals surface area contributed by atoms with Crippen LogP contribution in [0.2, 0.25) is 0 Å². The molecule has 0 aliphatic heterocycles. The Hall–Kier alpha value is -1.38. The highest BCUT2D eigenvalue weighted by atomic mass is 16.5. The van der Waals surface area contributed by atoms with E-state index in [2.05, 4.69) is 20.4 Å². The summed E-state index contributed by atoms with van der Waals surface area (Å²) in [5.74, 6) is -0.156. The van der Waals surface area contributed by atoms with E-state index in [4.69, 9.17) is 4.74 Å². The summed E-state index contributed by atoms with van der Waals surface area (Å²) in [6.45, 7) is 7.94. The smallest absolute Gasteiger partial charge is 0.341 e. The minimum absolute atomic E-state index is 0.00882. The zero-order chi connectivity index (χ0) is 13.5. The van der Waals surface area contributed by atoms with Crippen LogP contribution in [0.1, 0.15) is 33.1 Å². The van der Waals surface area contributed by atoms with Crippen LogP contribution in [0.4, 0.5) is 0 Å². The van der Waals surface area contributed by atoms with Crippen LogP contribution in [0.3, 0.4) is 0 Å². The molecular weight excluding hydrogens is 228 g/mol. The molecule has 0 radical (unpaired) electrons. The molecule has 3 heteroatoms. The number of hydrogen-bond acceptors (Lipinski definition) is 3. The molecule has 0 heterocycles. The number of hydrogen-bond donors (Lipinski definition) is 0. The Morgan fingerprint density at radius 1 is 1.50 bits per heavy atom. The Morgan fingerprint density at radius 2 is 2.17 bits per heavy atom. The first kappa shape index (κ1) is 13.1. The number of ether oxygens (including phenoxy) is 1. The van der Waals surface area contributed by atoms with Crippen molar-refractivity contribution in [1.29, 1.82) is 0 Å². The van der Waals surface area contributed by atoms with Gasteiger partial charge in [-0.3, -0.25) is 4.79 Å². The summed E-state index contributed by atoms with van der Waals surface area (Å²) in [6, 6.07) is 0. The van der Waals surface area contributed by atoms with Gasteiger partial charge in [0.1, 0.15) is 5.57 Å². The minimum atomic E-state index is -0.468. The van der Waals surface area contributed by atoms with Gasteiger partial charge in [-0.25, -0.2) is 4.79 Å². The van der Waals surface area contributed by atoms with Crippen molar-refractivity contribution in [2.75, 3.05) is 7.11 Å². The van der Waals surface area contributed by atoms with Gasteiger partial charge < -0.3 is 4.74 Å².